The van der Waals surface area contributed by atoms with Gasteiger partial charge in [0.25, 0.3) is 0 Å². The number of hydrogen-bond acceptors (Lipinski definition) is 5. The lowest BCUT2D eigenvalue weighted by molar-refractivity contribution is -0.108. The Morgan fingerprint density at radius 2 is 1.68 bits per heavy atom. The fraction of sp³-hybridized carbons (Fsp3) is 0.176. The van der Waals surface area contributed by atoms with Crippen LogP contribution in [0, 0.1) is 0 Å². The van der Waals surface area contributed by atoms with Crippen LogP contribution in [0.5, 0.6) is 0 Å². The molecular weight excluding hydrogens is 276 g/mol. The average molecular weight is 292 g/mol. The summed E-state index contributed by atoms with van der Waals surface area (Å²) in [5, 5.41) is 14.7. The standard InChI is InChI=1S/C17H16N4O/c1-13-17(19-18-14-8-4-2-5-9-14)16(12-22)21(20-13)15-10-6-3-7-11-15/h2-12,16-17H,1H3. The predicted molar refractivity (Wildman–Crippen MR) is 86.6 cm³/mol. The molecule has 1 aliphatic rings. The van der Waals surface area contributed by atoms with Crippen molar-refractivity contribution in [3.05, 3.63) is 60.7 Å². The monoisotopic (exact) mass is 292 g/mol. The highest BCUT2D eigenvalue weighted by molar-refractivity contribution is 5.96. The summed E-state index contributed by atoms with van der Waals surface area (Å²) < 4.78 is 0. The van der Waals surface area contributed by atoms with E-state index in [1.54, 1.807) is 5.01 Å². The van der Waals surface area contributed by atoms with Gasteiger partial charge in [0.1, 0.15) is 18.4 Å². The van der Waals surface area contributed by atoms with Crippen molar-refractivity contribution in [1.82, 2.24) is 0 Å². The van der Waals surface area contributed by atoms with Crippen molar-refractivity contribution in [3.8, 4) is 0 Å². The van der Waals surface area contributed by atoms with E-state index in [1.165, 1.54) is 0 Å². The number of para-hydroxylation sites is 1. The van der Waals surface area contributed by atoms with Crippen molar-refractivity contribution in [2.24, 2.45) is 15.3 Å². The van der Waals surface area contributed by atoms with E-state index < -0.39 is 6.04 Å². The van der Waals surface area contributed by atoms with E-state index in [0.717, 1.165) is 23.4 Å². The number of benzene rings is 2. The van der Waals surface area contributed by atoms with E-state index in [9.17, 15) is 4.79 Å². The highest BCUT2D eigenvalue weighted by Crippen LogP contribution is 2.26. The van der Waals surface area contributed by atoms with Gasteiger partial charge in [0, 0.05) is 0 Å². The van der Waals surface area contributed by atoms with Crippen LogP contribution in [0.4, 0.5) is 11.4 Å². The van der Waals surface area contributed by atoms with Gasteiger partial charge in [-0.1, -0.05) is 36.4 Å². The zero-order chi connectivity index (χ0) is 15.4. The first-order valence-electron chi connectivity index (χ1n) is 7.10. The number of carbonyl (C=O) groups is 1. The van der Waals surface area contributed by atoms with E-state index in [-0.39, 0.29) is 6.04 Å². The number of anilines is 1. The smallest absolute Gasteiger partial charge is 0.147 e. The number of azo groups is 1. The van der Waals surface area contributed by atoms with Crippen LogP contribution in [-0.4, -0.2) is 24.1 Å². The summed E-state index contributed by atoms with van der Waals surface area (Å²) in [5.74, 6) is 0. The van der Waals surface area contributed by atoms with Crippen LogP contribution < -0.4 is 5.01 Å². The highest BCUT2D eigenvalue weighted by atomic mass is 16.1. The van der Waals surface area contributed by atoms with Gasteiger partial charge in [0.15, 0.2) is 0 Å². The molecule has 2 aromatic carbocycles. The van der Waals surface area contributed by atoms with Gasteiger partial charge in [0.05, 0.1) is 17.1 Å². The van der Waals surface area contributed by atoms with Crippen molar-refractivity contribution in [1.29, 1.82) is 0 Å². The minimum atomic E-state index is -0.463. The summed E-state index contributed by atoms with van der Waals surface area (Å²) in [6.45, 7) is 1.87. The predicted octanol–water partition coefficient (Wildman–Crippen LogP) is 3.60. The lowest BCUT2D eigenvalue weighted by Gasteiger charge is -2.20. The maximum atomic E-state index is 11.5. The molecule has 0 N–H and O–H groups in total. The summed E-state index contributed by atoms with van der Waals surface area (Å²) in [4.78, 5) is 11.5. The molecule has 110 valence electrons. The lowest BCUT2D eigenvalue weighted by Crippen LogP contribution is -2.37. The summed E-state index contributed by atoms with van der Waals surface area (Å²) in [6, 6.07) is 18.2. The normalized spacial score (nSPS) is 21.1. The van der Waals surface area contributed by atoms with Crippen molar-refractivity contribution >= 4 is 23.4 Å². The number of aldehydes is 1. The zero-order valence-corrected chi connectivity index (χ0v) is 12.2. The van der Waals surface area contributed by atoms with Gasteiger partial charge in [-0.15, -0.1) is 0 Å². The molecule has 5 nitrogen and oxygen atoms in total. The average Bonchev–Trinajstić information content (AvgIpc) is 2.90. The molecule has 1 aliphatic heterocycles. The number of hydrazone groups is 1. The van der Waals surface area contributed by atoms with Gasteiger partial charge in [-0.3, -0.25) is 5.01 Å². The molecule has 22 heavy (non-hydrogen) atoms. The van der Waals surface area contributed by atoms with Crippen molar-refractivity contribution in [2.75, 3.05) is 5.01 Å². The molecule has 0 fully saturated rings. The van der Waals surface area contributed by atoms with Crippen molar-refractivity contribution in [2.45, 2.75) is 19.0 Å². The Hall–Kier alpha value is -2.82. The van der Waals surface area contributed by atoms with Gasteiger partial charge in [-0.25, -0.2) is 0 Å². The third-order valence-corrected chi connectivity index (χ3v) is 3.51. The fourth-order valence-corrected chi connectivity index (χ4v) is 2.39. The molecule has 0 amide bonds. The Labute approximate surface area is 129 Å². The van der Waals surface area contributed by atoms with Gasteiger partial charge in [0.2, 0.25) is 0 Å². The number of carbonyl (C=O) groups excluding carboxylic acids is 1. The first-order valence-corrected chi connectivity index (χ1v) is 7.10. The highest BCUT2D eigenvalue weighted by Gasteiger charge is 2.36. The fourth-order valence-electron chi connectivity index (χ4n) is 2.39. The van der Waals surface area contributed by atoms with Gasteiger partial charge >= 0.3 is 0 Å². The summed E-state index contributed by atoms with van der Waals surface area (Å²) in [6.07, 6.45) is 0.877. The minimum absolute atomic E-state index is 0.363. The van der Waals surface area contributed by atoms with Crippen LogP contribution in [0.3, 0.4) is 0 Å². The molecule has 0 aromatic heterocycles. The Bertz CT molecular complexity index is 697. The first-order chi connectivity index (χ1) is 10.8. The van der Waals surface area contributed by atoms with Gasteiger partial charge in [-0.05, 0) is 31.2 Å². The second kappa shape index (κ2) is 6.30. The summed E-state index contributed by atoms with van der Waals surface area (Å²) in [5.41, 5.74) is 2.41. The van der Waals surface area contributed by atoms with Gasteiger partial charge in [-0.2, -0.15) is 15.3 Å². The van der Waals surface area contributed by atoms with Crippen molar-refractivity contribution < 1.29 is 4.79 Å². The number of nitrogens with zero attached hydrogens (tertiary/aromatic N) is 4. The molecule has 0 spiro atoms. The quantitative estimate of drug-likeness (QED) is 0.638. The first kappa shape index (κ1) is 14.1. The number of rotatable bonds is 4. The van der Waals surface area contributed by atoms with Crippen LogP contribution in [0.1, 0.15) is 6.92 Å². The molecule has 0 saturated carbocycles. The molecule has 3 rings (SSSR count). The second-order valence-electron chi connectivity index (χ2n) is 5.04. The molecule has 2 unspecified atom stereocenters. The van der Waals surface area contributed by atoms with E-state index in [0.29, 0.717) is 0 Å². The maximum Gasteiger partial charge on any atom is 0.147 e. The van der Waals surface area contributed by atoms with Crippen molar-refractivity contribution in [3.63, 3.8) is 0 Å². The Morgan fingerprint density at radius 1 is 1.05 bits per heavy atom. The van der Waals surface area contributed by atoms with E-state index in [4.69, 9.17) is 0 Å². The third kappa shape index (κ3) is 2.79. The maximum absolute atomic E-state index is 11.5. The second-order valence-corrected chi connectivity index (χ2v) is 5.04. The lowest BCUT2D eigenvalue weighted by atomic mass is 10.1. The molecule has 2 aromatic rings. The van der Waals surface area contributed by atoms with Crippen LogP contribution >= 0.6 is 0 Å². The molecular formula is C17H16N4O. The Balaban J connectivity index is 1.85. The molecule has 0 saturated heterocycles. The Morgan fingerprint density at radius 3 is 2.32 bits per heavy atom. The van der Waals surface area contributed by atoms with Crippen LogP contribution in [0.2, 0.25) is 0 Å². The van der Waals surface area contributed by atoms with E-state index >= 15 is 0 Å². The topological polar surface area (TPSA) is 57.4 Å². The Kier molecular flexibility index (Phi) is 4.05. The summed E-state index contributed by atoms with van der Waals surface area (Å²) >= 11 is 0. The molecule has 2 atom stereocenters. The molecule has 0 bridgehead atoms. The largest absolute Gasteiger partial charge is 0.301 e. The van der Waals surface area contributed by atoms with Crippen LogP contribution in [0.15, 0.2) is 76.0 Å². The van der Waals surface area contributed by atoms with Crippen LogP contribution in [-0.2, 0) is 4.79 Å². The zero-order valence-electron chi connectivity index (χ0n) is 12.2. The molecule has 0 aliphatic carbocycles. The third-order valence-electron chi connectivity index (χ3n) is 3.51. The van der Waals surface area contributed by atoms with Crippen LogP contribution in [0.25, 0.3) is 0 Å². The molecule has 1 heterocycles. The van der Waals surface area contributed by atoms with E-state index in [2.05, 4.69) is 15.3 Å². The SMILES string of the molecule is CC1=NN(c2ccccc2)C(C=O)C1N=Nc1ccccc1. The minimum Gasteiger partial charge on any atom is -0.301 e. The summed E-state index contributed by atoms with van der Waals surface area (Å²) in [7, 11) is 0. The van der Waals surface area contributed by atoms with E-state index in [1.807, 2.05) is 67.6 Å². The molecule has 5 heteroatoms. The van der Waals surface area contributed by atoms with Gasteiger partial charge < -0.3 is 4.79 Å². The number of hydrogen-bond donors (Lipinski definition) is 0. The molecule has 0 radical (unpaired) electrons.